The summed E-state index contributed by atoms with van der Waals surface area (Å²) in [6.45, 7) is 8.94. The van der Waals surface area contributed by atoms with Gasteiger partial charge in [0.15, 0.2) is 5.82 Å². The molecule has 0 aliphatic carbocycles. The lowest BCUT2D eigenvalue weighted by Gasteiger charge is -2.26. The lowest BCUT2D eigenvalue weighted by Crippen LogP contribution is -2.30. The first-order chi connectivity index (χ1) is 11.4. The summed E-state index contributed by atoms with van der Waals surface area (Å²) in [5.41, 5.74) is 3.57. The van der Waals surface area contributed by atoms with Crippen molar-refractivity contribution >= 4 is 11.7 Å². The minimum absolute atomic E-state index is 0.0209. The molecule has 1 aliphatic rings. The summed E-state index contributed by atoms with van der Waals surface area (Å²) in [5, 5.41) is 10.4. The predicted molar refractivity (Wildman–Crippen MR) is 95.5 cm³/mol. The number of rotatable bonds is 4. The Morgan fingerprint density at radius 2 is 2.04 bits per heavy atom. The van der Waals surface area contributed by atoms with E-state index in [0.29, 0.717) is 12.2 Å². The van der Waals surface area contributed by atoms with Crippen LogP contribution >= 0.6 is 0 Å². The Labute approximate surface area is 143 Å². The first-order valence-corrected chi connectivity index (χ1v) is 8.53. The number of benzene rings is 1. The zero-order valence-corrected chi connectivity index (χ0v) is 14.7. The number of hydrogen-bond donors (Lipinski definition) is 2. The number of carbonyl (C=O) groups excluding carboxylic acids is 1. The molecule has 0 atom stereocenters. The second-order valence-electron chi connectivity index (χ2n) is 7.76. The summed E-state index contributed by atoms with van der Waals surface area (Å²) >= 11 is 0. The smallest absolute Gasteiger partial charge is 0.226 e. The zero-order chi connectivity index (χ0) is 17.2. The molecule has 24 heavy (non-hydrogen) atoms. The molecule has 0 unspecified atom stereocenters. The van der Waals surface area contributed by atoms with Crippen LogP contribution in [-0.4, -0.2) is 27.5 Å². The van der Waals surface area contributed by atoms with Crippen LogP contribution in [0.2, 0.25) is 0 Å². The number of amides is 1. The molecule has 2 heterocycles. The van der Waals surface area contributed by atoms with Crippen LogP contribution in [0.1, 0.15) is 44.0 Å². The van der Waals surface area contributed by atoms with Crippen LogP contribution in [0.25, 0.3) is 0 Å². The largest absolute Gasteiger partial charge is 0.309 e. The quantitative estimate of drug-likeness (QED) is 0.906. The molecule has 0 bridgehead atoms. The molecular formula is C19H26N4O. The fraction of sp³-hybridized carbons (Fsp3) is 0.474. The Hall–Kier alpha value is -2.14. The fourth-order valence-corrected chi connectivity index (χ4v) is 3.11. The van der Waals surface area contributed by atoms with Gasteiger partial charge in [-0.25, -0.2) is 0 Å². The number of H-pyrrole nitrogens is 1. The average molecular weight is 326 g/mol. The van der Waals surface area contributed by atoms with Crippen molar-refractivity contribution in [2.45, 2.75) is 46.7 Å². The average Bonchev–Trinajstić information content (AvgIpc) is 2.88. The third-order valence-corrected chi connectivity index (χ3v) is 4.21. The number of aromatic amines is 1. The van der Waals surface area contributed by atoms with E-state index in [1.807, 2.05) is 6.07 Å². The van der Waals surface area contributed by atoms with Crippen LogP contribution in [0.15, 0.2) is 30.3 Å². The Bertz CT molecular complexity index is 700. The van der Waals surface area contributed by atoms with Gasteiger partial charge in [0.1, 0.15) is 0 Å². The molecule has 5 nitrogen and oxygen atoms in total. The molecule has 128 valence electrons. The molecule has 0 saturated heterocycles. The normalized spacial score (nSPS) is 15.1. The lowest BCUT2D eigenvalue weighted by atomic mass is 9.92. The van der Waals surface area contributed by atoms with E-state index in [1.54, 1.807) is 0 Å². The van der Waals surface area contributed by atoms with E-state index in [9.17, 15) is 4.79 Å². The third-order valence-electron chi connectivity index (χ3n) is 4.21. The van der Waals surface area contributed by atoms with Gasteiger partial charge in [0, 0.05) is 31.6 Å². The topological polar surface area (TPSA) is 61.0 Å². The Balaban J connectivity index is 1.63. The highest BCUT2D eigenvalue weighted by atomic mass is 16.1. The van der Waals surface area contributed by atoms with Gasteiger partial charge in [0.05, 0.1) is 5.69 Å². The molecule has 1 aromatic carbocycles. The number of nitrogens with zero attached hydrogens (tertiary/aromatic N) is 2. The standard InChI is InChI=1S/C19H26N4O/c1-19(2,3)11-17(24)20-18-15-9-10-23(13-16(15)21-22-18)12-14-7-5-4-6-8-14/h4-8H,9-13H2,1-3H3,(H2,20,21,22,24). The summed E-state index contributed by atoms with van der Waals surface area (Å²) in [5.74, 6) is 0.738. The molecule has 3 rings (SSSR count). The SMILES string of the molecule is CC(C)(C)CC(=O)Nc1n[nH]c2c1CCN(Cc1ccccc1)C2. The van der Waals surface area contributed by atoms with Crippen molar-refractivity contribution in [3.8, 4) is 0 Å². The number of hydrogen-bond acceptors (Lipinski definition) is 3. The first-order valence-electron chi connectivity index (χ1n) is 8.53. The second-order valence-corrected chi connectivity index (χ2v) is 7.76. The van der Waals surface area contributed by atoms with Crippen molar-refractivity contribution in [2.75, 3.05) is 11.9 Å². The monoisotopic (exact) mass is 326 g/mol. The summed E-state index contributed by atoms with van der Waals surface area (Å²) in [6, 6.07) is 10.5. The predicted octanol–water partition coefficient (Wildman–Crippen LogP) is 3.34. The van der Waals surface area contributed by atoms with Gasteiger partial charge in [-0.15, -0.1) is 0 Å². The molecule has 2 aromatic rings. The highest BCUT2D eigenvalue weighted by Crippen LogP contribution is 2.26. The summed E-state index contributed by atoms with van der Waals surface area (Å²) in [6.07, 6.45) is 1.40. The zero-order valence-electron chi connectivity index (χ0n) is 14.7. The summed E-state index contributed by atoms with van der Waals surface area (Å²) < 4.78 is 0. The molecule has 1 aromatic heterocycles. The molecule has 0 fully saturated rings. The lowest BCUT2D eigenvalue weighted by molar-refractivity contribution is -0.117. The van der Waals surface area contributed by atoms with E-state index in [4.69, 9.17) is 0 Å². The minimum atomic E-state index is -0.0209. The third kappa shape index (κ3) is 4.23. The van der Waals surface area contributed by atoms with Gasteiger partial charge in [-0.05, 0) is 17.4 Å². The summed E-state index contributed by atoms with van der Waals surface area (Å²) in [7, 11) is 0. The highest BCUT2D eigenvalue weighted by Gasteiger charge is 2.24. The molecule has 5 heteroatoms. The van der Waals surface area contributed by atoms with Gasteiger partial charge in [0.2, 0.25) is 5.91 Å². The minimum Gasteiger partial charge on any atom is -0.309 e. The van der Waals surface area contributed by atoms with Crippen molar-refractivity contribution in [3.63, 3.8) is 0 Å². The van der Waals surface area contributed by atoms with Gasteiger partial charge in [-0.1, -0.05) is 51.1 Å². The Morgan fingerprint density at radius 3 is 2.75 bits per heavy atom. The Kier molecular flexibility index (Phi) is 4.71. The molecule has 1 aliphatic heterocycles. The number of carbonyl (C=O) groups is 1. The van der Waals surface area contributed by atoms with E-state index in [0.717, 1.165) is 37.3 Å². The van der Waals surface area contributed by atoms with E-state index in [2.05, 4.69) is 65.5 Å². The van der Waals surface area contributed by atoms with Crippen LogP contribution in [0, 0.1) is 5.41 Å². The second kappa shape index (κ2) is 6.77. The van der Waals surface area contributed by atoms with Crippen molar-refractivity contribution in [3.05, 3.63) is 47.2 Å². The molecule has 0 spiro atoms. The van der Waals surface area contributed by atoms with E-state index < -0.39 is 0 Å². The molecule has 0 saturated carbocycles. The first kappa shape index (κ1) is 16.7. The maximum atomic E-state index is 12.1. The van der Waals surface area contributed by atoms with Crippen molar-refractivity contribution in [1.29, 1.82) is 0 Å². The van der Waals surface area contributed by atoms with Crippen LogP contribution in [-0.2, 0) is 24.3 Å². The summed E-state index contributed by atoms with van der Waals surface area (Å²) in [4.78, 5) is 14.5. The Morgan fingerprint density at radius 1 is 1.29 bits per heavy atom. The van der Waals surface area contributed by atoms with Gasteiger partial charge in [0.25, 0.3) is 0 Å². The highest BCUT2D eigenvalue weighted by molar-refractivity contribution is 5.91. The molecule has 1 amide bonds. The number of anilines is 1. The molecule has 2 N–H and O–H groups in total. The molecular weight excluding hydrogens is 300 g/mol. The van der Waals surface area contributed by atoms with E-state index in [1.165, 1.54) is 5.56 Å². The van der Waals surface area contributed by atoms with Gasteiger partial charge in [-0.3, -0.25) is 14.8 Å². The van der Waals surface area contributed by atoms with Gasteiger partial charge in [-0.2, -0.15) is 5.10 Å². The van der Waals surface area contributed by atoms with Gasteiger partial charge < -0.3 is 5.32 Å². The van der Waals surface area contributed by atoms with Gasteiger partial charge >= 0.3 is 0 Å². The van der Waals surface area contributed by atoms with Crippen LogP contribution in [0.4, 0.5) is 5.82 Å². The maximum Gasteiger partial charge on any atom is 0.226 e. The van der Waals surface area contributed by atoms with Crippen molar-refractivity contribution in [2.24, 2.45) is 5.41 Å². The number of nitrogens with one attached hydrogen (secondary N) is 2. The van der Waals surface area contributed by atoms with Crippen LogP contribution in [0.3, 0.4) is 0 Å². The van der Waals surface area contributed by atoms with Crippen LogP contribution < -0.4 is 5.32 Å². The van der Waals surface area contributed by atoms with E-state index in [-0.39, 0.29) is 11.3 Å². The van der Waals surface area contributed by atoms with Crippen LogP contribution in [0.5, 0.6) is 0 Å². The number of aromatic nitrogens is 2. The van der Waals surface area contributed by atoms with Crippen molar-refractivity contribution < 1.29 is 4.79 Å². The molecule has 0 radical (unpaired) electrons. The fourth-order valence-electron chi connectivity index (χ4n) is 3.11. The van der Waals surface area contributed by atoms with Crippen molar-refractivity contribution in [1.82, 2.24) is 15.1 Å². The maximum absolute atomic E-state index is 12.1. The number of fused-ring (bicyclic) bond motifs is 1. The van der Waals surface area contributed by atoms with E-state index >= 15 is 0 Å².